The first-order chi connectivity index (χ1) is 16.5. The van der Waals surface area contributed by atoms with Crippen LogP contribution in [0, 0.1) is 5.82 Å². The molecule has 0 radical (unpaired) electrons. The number of carbonyl (C=O) groups is 2. The molecule has 5 rings (SSSR count). The molecule has 0 unspecified atom stereocenters. The second-order valence-corrected chi connectivity index (χ2v) is 9.99. The zero-order valence-corrected chi connectivity index (χ0v) is 19.7. The molecule has 2 amide bonds. The van der Waals surface area contributed by atoms with Crippen LogP contribution in [0.3, 0.4) is 0 Å². The molecule has 1 atom stereocenters. The summed E-state index contributed by atoms with van der Waals surface area (Å²) in [5.74, 6) is -0.690. The third-order valence-electron chi connectivity index (χ3n) is 7.50. The lowest BCUT2D eigenvalue weighted by molar-refractivity contribution is -0.134. The lowest BCUT2D eigenvalue weighted by Crippen LogP contribution is -2.64. The van der Waals surface area contributed by atoms with Gasteiger partial charge < -0.3 is 14.8 Å². The first kappa shape index (κ1) is 22.6. The van der Waals surface area contributed by atoms with Crippen LogP contribution < -0.4 is 5.32 Å². The molecule has 1 N–H and O–H groups in total. The molecule has 0 bridgehead atoms. The van der Waals surface area contributed by atoms with Crippen molar-refractivity contribution in [2.75, 3.05) is 0 Å². The summed E-state index contributed by atoms with van der Waals surface area (Å²) in [5, 5.41) is 4.27. The van der Waals surface area contributed by atoms with Crippen molar-refractivity contribution >= 4 is 22.7 Å². The van der Waals surface area contributed by atoms with Gasteiger partial charge >= 0.3 is 0 Å². The van der Waals surface area contributed by atoms with E-state index in [1.165, 1.54) is 31.4 Å². The Kier molecular flexibility index (Phi) is 6.15. The van der Waals surface area contributed by atoms with Crippen molar-refractivity contribution in [2.45, 2.75) is 76.5 Å². The van der Waals surface area contributed by atoms with Gasteiger partial charge in [-0.05, 0) is 49.6 Å². The number of rotatable bonds is 4. The molecule has 1 aromatic heterocycles. The molecule has 1 saturated carbocycles. The van der Waals surface area contributed by atoms with Gasteiger partial charge in [-0.3, -0.25) is 9.59 Å². The average molecular weight is 462 g/mol. The SMILES string of the molecule is C[C@]1(C(=O)NC2CCCCCCC2)Cn2c(cc3ccccc32)C(=O)N1Cc1cccc(F)c1. The largest absolute Gasteiger partial charge is 0.351 e. The van der Waals surface area contributed by atoms with E-state index in [1.54, 1.807) is 17.0 Å². The van der Waals surface area contributed by atoms with Crippen molar-refractivity contribution in [2.24, 2.45) is 0 Å². The van der Waals surface area contributed by atoms with E-state index in [0.29, 0.717) is 17.8 Å². The Balaban J connectivity index is 1.52. The van der Waals surface area contributed by atoms with E-state index in [2.05, 4.69) is 5.32 Å². The van der Waals surface area contributed by atoms with Crippen molar-refractivity contribution < 1.29 is 14.0 Å². The maximum atomic E-state index is 13.9. The summed E-state index contributed by atoms with van der Waals surface area (Å²) < 4.78 is 15.9. The highest BCUT2D eigenvalue weighted by atomic mass is 19.1. The third kappa shape index (κ3) is 4.22. The van der Waals surface area contributed by atoms with E-state index >= 15 is 0 Å². The number of amides is 2. The zero-order chi connectivity index (χ0) is 23.7. The first-order valence-corrected chi connectivity index (χ1v) is 12.4. The van der Waals surface area contributed by atoms with Crippen molar-refractivity contribution in [3.63, 3.8) is 0 Å². The number of halogens is 1. The van der Waals surface area contributed by atoms with Crippen LogP contribution in [0.1, 0.15) is 67.9 Å². The average Bonchev–Trinajstić information content (AvgIpc) is 3.17. The Labute approximate surface area is 199 Å². The summed E-state index contributed by atoms with van der Waals surface area (Å²) in [6.07, 6.45) is 7.82. The monoisotopic (exact) mass is 461 g/mol. The lowest BCUT2D eigenvalue weighted by atomic mass is 9.91. The number of benzene rings is 2. The molecule has 1 fully saturated rings. The Morgan fingerprint density at radius 1 is 1.03 bits per heavy atom. The smallest absolute Gasteiger partial charge is 0.271 e. The Morgan fingerprint density at radius 3 is 2.53 bits per heavy atom. The van der Waals surface area contributed by atoms with Crippen LogP contribution in [0.4, 0.5) is 4.39 Å². The molecule has 0 saturated heterocycles. The molecule has 2 aromatic carbocycles. The highest BCUT2D eigenvalue weighted by Gasteiger charge is 2.48. The van der Waals surface area contributed by atoms with Gasteiger partial charge in [0.15, 0.2) is 0 Å². The van der Waals surface area contributed by atoms with E-state index in [-0.39, 0.29) is 30.2 Å². The van der Waals surface area contributed by atoms with Crippen LogP contribution in [0.25, 0.3) is 10.9 Å². The minimum atomic E-state index is -1.10. The van der Waals surface area contributed by atoms with Crippen LogP contribution in [0.5, 0.6) is 0 Å². The zero-order valence-electron chi connectivity index (χ0n) is 19.7. The summed E-state index contributed by atoms with van der Waals surface area (Å²) in [5.41, 5.74) is 1.08. The Bertz CT molecular complexity index is 1210. The highest BCUT2D eigenvalue weighted by molar-refractivity contribution is 6.03. The van der Waals surface area contributed by atoms with Gasteiger partial charge in [-0.15, -0.1) is 0 Å². The van der Waals surface area contributed by atoms with E-state index < -0.39 is 5.54 Å². The van der Waals surface area contributed by atoms with Crippen molar-refractivity contribution in [3.05, 3.63) is 71.7 Å². The van der Waals surface area contributed by atoms with E-state index in [9.17, 15) is 14.0 Å². The fourth-order valence-corrected chi connectivity index (χ4v) is 5.51. The molecule has 2 aliphatic rings. The van der Waals surface area contributed by atoms with Gasteiger partial charge in [-0.2, -0.15) is 0 Å². The molecular weight excluding hydrogens is 429 g/mol. The predicted octanol–water partition coefficient (Wildman–Crippen LogP) is 5.42. The minimum absolute atomic E-state index is 0.124. The van der Waals surface area contributed by atoms with Gasteiger partial charge in [0, 0.05) is 23.5 Å². The predicted molar refractivity (Wildman–Crippen MR) is 131 cm³/mol. The maximum Gasteiger partial charge on any atom is 0.271 e. The molecule has 3 aromatic rings. The second kappa shape index (κ2) is 9.24. The molecule has 178 valence electrons. The fraction of sp³-hybridized carbons (Fsp3) is 0.429. The number of fused-ring (bicyclic) bond motifs is 3. The van der Waals surface area contributed by atoms with Gasteiger partial charge in [0.1, 0.15) is 17.1 Å². The molecule has 2 heterocycles. The molecule has 0 spiro atoms. The van der Waals surface area contributed by atoms with Crippen LogP contribution >= 0.6 is 0 Å². The van der Waals surface area contributed by atoms with Gasteiger partial charge in [0.25, 0.3) is 5.91 Å². The summed E-state index contributed by atoms with van der Waals surface area (Å²) in [6.45, 7) is 2.38. The second-order valence-electron chi connectivity index (χ2n) is 9.99. The van der Waals surface area contributed by atoms with E-state index in [1.807, 2.05) is 41.8 Å². The van der Waals surface area contributed by atoms with Crippen LogP contribution in [0.15, 0.2) is 54.6 Å². The van der Waals surface area contributed by atoms with Gasteiger partial charge in [0.2, 0.25) is 5.91 Å². The van der Waals surface area contributed by atoms with Crippen molar-refractivity contribution in [1.29, 1.82) is 0 Å². The van der Waals surface area contributed by atoms with E-state index in [4.69, 9.17) is 0 Å². The fourth-order valence-electron chi connectivity index (χ4n) is 5.51. The number of carbonyl (C=O) groups excluding carboxylic acids is 2. The van der Waals surface area contributed by atoms with Crippen LogP contribution in [-0.2, 0) is 17.9 Å². The van der Waals surface area contributed by atoms with Crippen molar-refractivity contribution in [3.8, 4) is 0 Å². The molecule has 1 aliphatic carbocycles. The Hall–Kier alpha value is -3.15. The number of nitrogens with one attached hydrogen (secondary N) is 1. The first-order valence-electron chi connectivity index (χ1n) is 12.4. The van der Waals surface area contributed by atoms with E-state index in [0.717, 1.165) is 36.6 Å². The normalized spacial score (nSPS) is 21.7. The number of aromatic nitrogens is 1. The van der Waals surface area contributed by atoms with Crippen molar-refractivity contribution in [1.82, 2.24) is 14.8 Å². The standard InChI is InChI=1S/C28H32FN3O2/c1-28(27(34)30-23-13-5-3-2-4-6-14-23)19-31-24-15-8-7-11-21(24)17-25(31)26(33)32(28)18-20-10-9-12-22(29)16-20/h7-12,15-17,23H,2-6,13-14,18-19H2,1H3,(H,30,34)/t28-/m1/s1. The summed E-state index contributed by atoms with van der Waals surface area (Å²) in [4.78, 5) is 29.3. The maximum absolute atomic E-state index is 13.9. The number of hydrogen-bond acceptors (Lipinski definition) is 2. The molecular formula is C28H32FN3O2. The van der Waals surface area contributed by atoms with Gasteiger partial charge in [-0.25, -0.2) is 4.39 Å². The van der Waals surface area contributed by atoms with Gasteiger partial charge in [-0.1, -0.05) is 62.4 Å². The number of nitrogens with zero attached hydrogens (tertiary/aromatic N) is 2. The summed E-state index contributed by atoms with van der Waals surface area (Å²) in [6, 6.07) is 16.1. The highest BCUT2D eigenvalue weighted by Crippen LogP contribution is 2.34. The number of hydrogen-bond donors (Lipinski definition) is 1. The summed E-state index contributed by atoms with van der Waals surface area (Å²) >= 11 is 0. The van der Waals surface area contributed by atoms with Crippen LogP contribution in [0.2, 0.25) is 0 Å². The lowest BCUT2D eigenvalue weighted by Gasteiger charge is -2.44. The van der Waals surface area contributed by atoms with Crippen LogP contribution in [-0.4, -0.2) is 32.9 Å². The molecule has 6 heteroatoms. The number of para-hydroxylation sites is 1. The molecule has 5 nitrogen and oxygen atoms in total. The molecule has 1 aliphatic heterocycles. The van der Waals surface area contributed by atoms with Gasteiger partial charge in [0.05, 0.1) is 6.54 Å². The quantitative estimate of drug-likeness (QED) is 0.564. The summed E-state index contributed by atoms with van der Waals surface area (Å²) in [7, 11) is 0. The third-order valence-corrected chi connectivity index (χ3v) is 7.50. The molecule has 34 heavy (non-hydrogen) atoms. The Morgan fingerprint density at radius 2 is 1.76 bits per heavy atom. The minimum Gasteiger partial charge on any atom is -0.351 e. The topological polar surface area (TPSA) is 54.3 Å².